The van der Waals surface area contributed by atoms with Crippen molar-refractivity contribution >= 4 is 17.9 Å². The van der Waals surface area contributed by atoms with E-state index in [9.17, 15) is 14.4 Å². The number of carboxylic acids is 1. The molecule has 0 spiro atoms. The van der Waals surface area contributed by atoms with Gasteiger partial charge in [0.2, 0.25) is 5.91 Å². The predicted molar refractivity (Wildman–Crippen MR) is 77.9 cm³/mol. The number of nitrogens with zero attached hydrogens (tertiary/aromatic N) is 3. The molecule has 0 saturated carbocycles. The number of carboxylic acid groups (broad SMARTS) is 1. The van der Waals surface area contributed by atoms with Crippen LogP contribution in [0.1, 0.15) is 33.6 Å². The molecule has 1 aliphatic rings. The van der Waals surface area contributed by atoms with Gasteiger partial charge in [-0.05, 0) is 33.6 Å². The van der Waals surface area contributed by atoms with Crippen LogP contribution in [-0.4, -0.2) is 76.5 Å². The Morgan fingerprint density at radius 1 is 1.10 bits per heavy atom. The second kappa shape index (κ2) is 6.78. The van der Waals surface area contributed by atoms with Crippen LogP contribution in [0.25, 0.3) is 0 Å². The number of likely N-dealkylation sites (N-methyl/N-ethyl adjacent to an activating group) is 1. The number of urea groups is 1. The van der Waals surface area contributed by atoms with Crippen molar-refractivity contribution in [2.45, 2.75) is 39.2 Å². The van der Waals surface area contributed by atoms with E-state index in [4.69, 9.17) is 5.11 Å². The van der Waals surface area contributed by atoms with E-state index in [2.05, 4.69) is 0 Å². The zero-order chi connectivity index (χ0) is 16.2. The van der Waals surface area contributed by atoms with E-state index in [0.29, 0.717) is 0 Å². The molecule has 1 heterocycles. The lowest BCUT2D eigenvalue weighted by atomic mass is 10.1. The first-order valence-electron chi connectivity index (χ1n) is 7.15. The van der Waals surface area contributed by atoms with E-state index < -0.39 is 17.5 Å². The molecule has 0 unspecified atom stereocenters. The molecule has 1 rings (SSSR count). The smallest absolute Gasteiger partial charge is 0.323 e. The standard InChI is InChI=1S/C14H25N3O4/c1-14(2,3)17(10-12(19)20)13(21)15(4)9-11(18)16-7-5-6-8-16/h5-10H2,1-4H3,(H,19,20). The van der Waals surface area contributed by atoms with Gasteiger partial charge in [-0.25, -0.2) is 4.79 Å². The van der Waals surface area contributed by atoms with E-state index in [1.165, 1.54) is 16.8 Å². The van der Waals surface area contributed by atoms with E-state index in [1.54, 1.807) is 25.7 Å². The van der Waals surface area contributed by atoms with Crippen LogP contribution < -0.4 is 0 Å². The minimum atomic E-state index is -1.07. The molecule has 0 aromatic carbocycles. The zero-order valence-electron chi connectivity index (χ0n) is 13.3. The summed E-state index contributed by atoms with van der Waals surface area (Å²) in [7, 11) is 1.52. The van der Waals surface area contributed by atoms with Gasteiger partial charge in [0.05, 0.1) is 0 Å². The first-order valence-corrected chi connectivity index (χ1v) is 7.15. The summed E-state index contributed by atoms with van der Waals surface area (Å²) in [6.45, 7) is 6.37. The van der Waals surface area contributed by atoms with Crippen molar-refractivity contribution in [2.75, 3.05) is 33.2 Å². The summed E-state index contributed by atoms with van der Waals surface area (Å²) in [4.78, 5) is 39.7. The Hall–Kier alpha value is -1.79. The average molecular weight is 299 g/mol. The minimum Gasteiger partial charge on any atom is -0.480 e. The lowest BCUT2D eigenvalue weighted by molar-refractivity contribution is -0.138. The summed E-state index contributed by atoms with van der Waals surface area (Å²) in [5.74, 6) is -1.16. The number of carbonyl (C=O) groups excluding carboxylic acids is 2. The fourth-order valence-electron chi connectivity index (χ4n) is 2.27. The summed E-state index contributed by atoms with van der Waals surface area (Å²) < 4.78 is 0. The predicted octanol–water partition coefficient (Wildman–Crippen LogP) is 0.846. The van der Waals surface area contributed by atoms with Crippen molar-refractivity contribution in [2.24, 2.45) is 0 Å². The first kappa shape index (κ1) is 17.3. The molecule has 21 heavy (non-hydrogen) atoms. The average Bonchev–Trinajstić information content (AvgIpc) is 2.87. The Balaban J connectivity index is 2.69. The monoisotopic (exact) mass is 299 g/mol. The van der Waals surface area contributed by atoms with Gasteiger partial charge >= 0.3 is 12.0 Å². The molecule has 7 heteroatoms. The van der Waals surface area contributed by atoms with Gasteiger partial charge in [0.1, 0.15) is 13.1 Å². The topological polar surface area (TPSA) is 81.2 Å². The molecule has 0 aliphatic carbocycles. The maximum Gasteiger partial charge on any atom is 0.323 e. The van der Waals surface area contributed by atoms with Crippen molar-refractivity contribution in [3.05, 3.63) is 0 Å². The van der Waals surface area contributed by atoms with E-state index in [1.807, 2.05) is 0 Å². The Morgan fingerprint density at radius 2 is 1.62 bits per heavy atom. The molecule has 0 aromatic rings. The molecular weight excluding hydrogens is 274 g/mol. The van der Waals surface area contributed by atoms with Crippen LogP contribution in [0.15, 0.2) is 0 Å². The summed E-state index contributed by atoms with van der Waals surface area (Å²) >= 11 is 0. The van der Waals surface area contributed by atoms with Crippen LogP contribution in [0.4, 0.5) is 4.79 Å². The van der Waals surface area contributed by atoms with E-state index >= 15 is 0 Å². The molecule has 1 aliphatic heterocycles. The lowest BCUT2D eigenvalue weighted by Crippen LogP contribution is -2.54. The summed E-state index contributed by atoms with van der Waals surface area (Å²) in [5.41, 5.74) is -0.625. The maximum atomic E-state index is 12.4. The van der Waals surface area contributed by atoms with Gasteiger partial charge in [-0.15, -0.1) is 0 Å². The number of aliphatic carboxylic acids is 1. The Labute approximate surface area is 125 Å². The van der Waals surface area contributed by atoms with Gasteiger partial charge in [-0.2, -0.15) is 0 Å². The van der Waals surface area contributed by atoms with Crippen molar-refractivity contribution in [3.8, 4) is 0 Å². The number of hydrogen-bond acceptors (Lipinski definition) is 3. The normalized spacial score (nSPS) is 15.0. The van der Waals surface area contributed by atoms with Gasteiger partial charge in [-0.1, -0.05) is 0 Å². The molecule has 1 N–H and O–H groups in total. The van der Waals surface area contributed by atoms with Crippen LogP contribution in [-0.2, 0) is 9.59 Å². The van der Waals surface area contributed by atoms with Crippen molar-refractivity contribution in [1.82, 2.24) is 14.7 Å². The van der Waals surface area contributed by atoms with Crippen LogP contribution in [0.2, 0.25) is 0 Å². The molecule has 0 bridgehead atoms. The van der Waals surface area contributed by atoms with E-state index in [-0.39, 0.29) is 19.0 Å². The SMILES string of the molecule is CN(CC(=O)N1CCCC1)C(=O)N(CC(=O)O)C(C)(C)C. The van der Waals surface area contributed by atoms with Gasteiger partial charge < -0.3 is 19.8 Å². The van der Waals surface area contributed by atoms with Crippen LogP contribution >= 0.6 is 0 Å². The van der Waals surface area contributed by atoms with Gasteiger partial charge in [-0.3, -0.25) is 9.59 Å². The Morgan fingerprint density at radius 3 is 2.05 bits per heavy atom. The lowest BCUT2D eigenvalue weighted by Gasteiger charge is -2.37. The van der Waals surface area contributed by atoms with Gasteiger partial charge in [0, 0.05) is 25.7 Å². The van der Waals surface area contributed by atoms with Crippen LogP contribution in [0.5, 0.6) is 0 Å². The summed E-state index contributed by atoms with van der Waals surface area (Å²) in [5, 5.41) is 8.94. The number of likely N-dealkylation sites (tertiary alicyclic amines) is 1. The van der Waals surface area contributed by atoms with Crippen molar-refractivity contribution in [1.29, 1.82) is 0 Å². The van der Waals surface area contributed by atoms with Gasteiger partial charge in [0.25, 0.3) is 0 Å². The summed E-state index contributed by atoms with van der Waals surface area (Å²) in [6, 6.07) is -0.447. The summed E-state index contributed by atoms with van der Waals surface area (Å²) in [6.07, 6.45) is 1.99. The second-order valence-electron chi connectivity index (χ2n) is 6.38. The molecule has 0 atom stereocenters. The number of amides is 3. The molecular formula is C14H25N3O4. The quantitative estimate of drug-likeness (QED) is 0.834. The molecule has 3 amide bonds. The molecule has 1 fully saturated rings. The number of hydrogen-bond donors (Lipinski definition) is 1. The molecule has 120 valence electrons. The number of rotatable bonds is 4. The number of carbonyl (C=O) groups is 3. The third-order valence-corrected chi connectivity index (χ3v) is 3.49. The third-order valence-electron chi connectivity index (χ3n) is 3.49. The highest BCUT2D eigenvalue weighted by Crippen LogP contribution is 2.15. The minimum absolute atomic E-state index is 0.0228. The highest BCUT2D eigenvalue weighted by Gasteiger charge is 2.31. The first-order chi connectivity index (χ1) is 9.62. The second-order valence-corrected chi connectivity index (χ2v) is 6.38. The Kier molecular flexibility index (Phi) is 5.57. The van der Waals surface area contributed by atoms with Crippen molar-refractivity contribution in [3.63, 3.8) is 0 Å². The maximum absolute atomic E-state index is 12.4. The molecule has 1 saturated heterocycles. The highest BCUT2D eigenvalue weighted by molar-refractivity contribution is 5.86. The van der Waals surface area contributed by atoms with Crippen LogP contribution in [0, 0.1) is 0 Å². The largest absolute Gasteiger partial charge is 0.480 e. The highest BCUT2D eigenvalue weighted by atomic mass is 16.4. The molecule has 0 aromatic heterocycles. The third kappa shape index (κ3) is 4.91. The fraction of sp³-hybridized carbons (Fsp3) is 0.786. The van der Waals surface area contributed by atoms with E-state index in [0.717, 1.165) is 25.9 Å². The van der Waals surface area contributed by atoms with Crippen LogP contribution in [0.3, 0.4) is 0 Å². The van der Waals surface area contributed by atoms with Gasteiger partial charge in [0.15, 0.2) is 0 Å². The zero-order valence-corrected chi connectivity index (χ0v) is 13.3. The molecule has 0 radical (unpaired) electrons. The molecule has 7 nitrogen and oxygen atoms in total. The fourth-order valence-corrected chi connectivity index (χ4v) is 2.27. The Bertz CT molecular complexity index is 411. The van der Waals surface area contributed by atoms with Crippen molar-refractivity contribution < 1.29 is 19.5 Å².